The topological polar surface area (TPSA) is 69.3 Å². The zero-order chi connectivity index (χ0) is 16.7. The van der Waals surface area contributed by atoms with Gasteiger partial charge in [-0.1, -0.05) is 0 Å². The molecule has 124 valence electrons. The van der Waals surface area contributed by atoms with Crippen molar-refractivity contribution in [3.63, 3.8) is 0 Å². The van der Waals surface area contributed by atoms with Crippen molar-refractivity contribution in [2.45, 2.75) is 33.7 Å². The standard InChI is InChI=1S/C16H22N4O2S/c1-9-11(3)23-16-13(9)15(22)17-14(18-16)10(2)19-5-7-20(8-6-19)12(4)21/h10H,5-8H2,1-4H3,(H,17,18,22)/t10-/m1/s1. The second-order valence-corrected chi connectivity index (χ2v) is 7.34. The minimum absolute atomic E-state index is 0.0314. The van der Waals surface area contributed by atoms with E-state index >= 15 is 0 Å². The summed E-state index contributed by atoms with van der Waals surface area (Å²) in [5.74, 6) is 0.829. The molecule has 1 aliphatic rings. The van der Waals surface area contributed by atoms with Crippen molar-refractivity contribution in [1.29, 1.82) is 0 Å². The summed E-state index contributed by atoms with van der Waals surface area (Å²) < 4.78 is 0. The van der Waals surface area contributed by atoms with Crippen molar-refractivity contribution in [3.8, 4) is 0 Å². The molecule has 1 saturated heterocycles. The molecule has 1 aliphatic heterocycles. The van der Waals surface area contributed by atoms with E-state index in [4.69, 9.17) is 0 Å². The number of carbonyl (C=O) groups is 1. The molecule has 6 nitrogen and oxygen atoms in total. The summed E-state index contributed by atoms with van der Waals surface area (Å²) in [5.41, 5.74) is 0.967. The Balaban J connectivity index is 1.86. The summed E-state index contributed by atoms with van der Waals surface area (Å²) in [7, 11) is 0. The molecule has 0 aliphatic carbocycles. The molecule has 0 radical (unpaired) electrons. The number of aromatic amines is 1. The number of amides is 1. The molecule has 3 rings (SSSR count). The van der Waals surface area contributed by atoms with Gasteiger partial charge in [-0.3, -0.25) is 14.5 Å². The number of carbonyl (C=O) groups excluding carboxylic acids is 1. The molecule has 1 N–H and O–H groups in total. The smallest absolute Gasteiger partial charge is 0.259 e. The van der Waals surface area contributed by atoms with Gasteiger partial charge >= 0.3 is 0 Å². The number of fused-ring (bicyclic) bond motifs is 1. The van der Waals surface area contributed by atoms with Crippen molar-refractivity contribution in [2.75, 3.05) is 26.2 Å². The number of aryl methyl sites for hydroxylation is 2. The fraction of sp³-hybridized carbons (Fsp3) is 0.562. The number of nitrogens with zero attached hydrogens (tertiary/aromatic N) is 3. The molecule has 0 bridgehead atoms. The molecule has 2 aromatic heterocycles. The van der Waals surface area contributed by atoms with Gasteiger partial charge in [-0.15, -0.1) is 11.3 Å². The largest absolute Gasteiger partial charge is 0.340 e. The van der Waals surface area contributed by atoms with Gasteiger partial charge in [0, 0.05) is 38.0 Å². The Morgan fingerprint density at radius 3 is 2.52 bits per heavy atom. The molecule has 7 heteroatoms. The highest BCUT2D eigenvalue weighted by Gasteiger charge is 2.25. The normalized spacial score (nSPS) is 17.7. The Hall–Kier alpha value is -1.73. The maximum atomic E-state index is 12.4. The molecular weight excluding hydrogens is 312 g/mol. The maximum absolute atomic E-state index is 12.4. The lowest BCUT2D eigenvalue weighted by molar-refractivity contribution is -0.130. The minimum atomic E-state index is -0.0546. The third-order valence-electron chi connectivity index (χ3n) is 4.76. The van der Waals surface area contributed by atoms with Crippen molar-refractivity contribution >= 4 is 27.5 Å². The van der Waals surface area contributed by atoms with Gasteiger partial charge in [0.25, 0.3) is 5.56 Å². The third-order valence-corrected chi connectivity index (χ3v) is 5.86. The highest BCUT2D eigenvalue weighted by molar-refractivity contribution is 7.18. The second kappa shape index (κ2) is 6.05. The molecule has 0 unspecified atom stereocenters. The van der Waals surface area contributed by atoms with Crippen molar-refractivity contribution in [1.82, 2.24) is 19.8 Å². The fourth-order valence-corrected chi connectivity index (χ4v) is 4.10. The van der Waals surface area contributed by atoms with Gasteiger partial charge in [0.2, 0.25) is 5.91 Å². The number of H-pyrrole nitrogens is 1. The van der Waals surface area contributed by atoms with E-state index in [2.05, 4.69) is 21.8 Å². The van der Waals surface area contributed by atoms with Gasteiger partial charge in [0.05, 0.1) is 11.4 Å². The Bertz CT molecular complexity index is 802. The average molecular weight is 334 g/mol. The number of aromatic nitrogens is 2. The lowest BCUT2D eigenvalue weighted by atomic mass is 10.2. The molecule has 1 atom stereocenters. The molecular formula is C16H22N4O2S. The number of hydrogen-bond acceptors (Lipinski definition) is 5. The van der Waals surface area contributed by atoms with Gasteiger partial charge in [-0.05, 0) is 26.3 Å². The van der Waals surface area contributed by atoms with E-state index in [0.717, 1.165) is 41.5 Å². The van der Waals surface area contributed by atoms with Gasteiger partial charge in [0.15, 0.2) is 0 Å². The van der Waals surface area contributed by atoms with Crippen molar-refractivity contribution in [2.24, 2.45) is 0 Å². The summed E-state index contributed by atoms with van der Waals surface area (Å²) in [6, 6.07) is 0.0314. The predicted octanol–water partition coefficient (Wildman–Crippen LogP) is 1.83. The van der Waals surface area contributed by atoms with Gasteiger partial charge in [-0.25, -0.2) is 4.98 Å². The summed E-state index contributed by atoms with van der Waals surface area (Å²) in [6.45, 7) is 10.7. The van der Waals surface area contributed by atoms with Crippen LogP contribution in [0.25, 0.3) is 10.2 Å². The Morgan fingerprint density at radius 1 is 1.26 bits per heavy atom. The lowest BCUT2D eigenvalue weighted by Gasteiger charge is -2.37. The van der Waals surface area contributed by atoms with Gasteiger partial charge in [-0.2, -0.15) is 0 Å². The van der Waals surface area contributed by atoms with E-state index in [1.807, 2.05) is 18.7 Å². The fourth-order valence-electron chi connectivity index (χ4n) is 3.07. The summed E-state index contributed by atoms with van der Waals surface area (Å²) in [4.78, 5) is 37.5. The summed E-state index contributed by atoms with van der Waals surface area (Å²) in [5, 5.41) is 0.713. The number of thiophene rings is 1. The summed E-state index contributed by atoms with van der Waals surface area (Å²) >= 11 is 1.57. The molecule has 2 aromatic rings. The molecule has 0 spiro atoms. The summed E-state index contributed by atoms with van der Waals surface area (Å²) in [6.07, 6.45) is 0. The van der Waals surface area contributed by atoms with Gasteiger partial charge < -0.3 is 9.88 Å². The predicted molar refractivity (Wildman–Crippen MR) is 92.0 cm³/mol. The van der Waals surface area contributed by atoms with E-state index in [1.165, 1.54) is 0 Å². The number of nitrogens with one attached hydrogen (secondary N) is 1. The van der Waals surface area contributed by atoms with E-state index in [0.29, 0.717) is 11.2 Å². The Labute approximate surface area is 139 Å². The first kappa shape index (κ1) is 16.1. The highest BCUT2D eigenvalue weighted by atomic mass is 32.1. The van der Waals surface area contributed by atoms with Crippen LogP contribution in [0.3, 0.4) is 0 Å². The quantitative estimate of drug-likeness (QED) is 0.910. The zero-order valence-electron chi connectivity index (χ0n) is 14.0. The molecule has 1 amide bonds. The minimum Gasteiger partial charge on any atom is -0.340 e. The first-order valence-corrected chi connectivity index (χ1v) is 8.69. The second-order valence-electron chi connectivity index (χ2n) is 6.13. The lowest BCUT2D eigenvalue weighted by Crippen LogP contribution is -2.49. The van der Waals surface area contributed by atoms with Gasteiger partial charge in [0.1, 0.15) is 10.7 Å². The number of piperazine rings is 1. The van der Waals surface area contributed by atoms with E-state index < -0.39 is 0 Å². The van der Waals surface area contributed by atoms with Crippen molar-refractivity contribution < 1.29 is 4.79 Å². The van der Waals surface area contributed by atoms with Crippen LogP contribution in [0, 0.1) is 13.8 Å². The van der Waals surface area contributed by atoms with E-state index in [1.54, 1.807) is 18.3 Å². The van der Waals surface area contributed by atoms with Crippen LogP contribution in [-0.4, -0.2) is 51.9 Å². The Kier molecular flexibility index (Phi) is 4.25. The van der Waals surface area contributed by atoms with Crippen LogP contribution in [0.2, 0.25) is 0 Å². The highest BCUT2D eigenvalue weighted by Crippen LogP contribution is 2.27. The van der Waals surface area contributed by atoms with Crippen LogP contribution in [-0.2, 0) is 4.79 Å². The average Bonchev–Trinajstić information content (AvgIpc) is 2.81. The van der Waals surface area contributed by atoms with Crippen LogP contribution in [0.4, 0.5) is 0 Å². The van der Waals surface area contributed by atoms with E-state index in [-0.39, 0.29) is 17.5 Å². The van der Waals surface area contributed by atoms with Crippen LogP contribution in [0.5, 0.6) is 0 Å². The Morgan fingerprint density at radius 2 is 1.91 bits per heavy atom. The molecule has 0 saturated carbocycles. The van der Waals surface area contributed by atoms with Crippen LogP contribution in [0.15, 0.2) is 4.79 Å². The van der Waals surface area contributed by atoms with Crippen molar-refractivity contribution in [3.05, 3.63) is 26.6 Å². The van der Waals surface area contributed by atoms with Crippen LogP contribution < -0.4 is 5.56 Å². The number of rotatable bonds is 2. The third kappa shape index (κ3) is 2.90. The van der Waals surface area contributed by atoms with E-state index in [9.17, 15) is 9.59 Å². The monoisotopic (exact) mass is 334 g/mol. The van der Waals surface area contributed by atoms with Crippen LogP contribution in [0.1, 0.15) is 36.2 Å². The maximum Gasteiger partial charge on any atom is 0.259 e. The van der Waals surface area contributed by atoms with Crippen LogP contribution >= 0.6 is 11.3 Å². The molecule has 3 heterocycles. The first-order chi connectivity index (χ1) is 10.9. The molecule has 23 heavy (non-hydrogen) atoms. The first-order valence-electron chi connectivity index (χ1n) is 7.88. The molecule has 0 aromatic carbocycles. The molecule has 1 fully saturated rings. The number of hydrogen-bond donors (Lipinski definition) is 1. The SMILES string of the molecule is CC(=O)N1CCN([C@H](C)c2nc3sc(C)c(C)c3c(=O)[nH]2)CC1. The zero-order valence-corrected chi connectivity index (χ0v) is 14.8.